The normalized spacial score (nSPS) is 25.1. The number of hydrogen-bond donors (Lipinski definition) is 0. The SMILES string of the molecule is Cc1c(C(=O)N2CCC(Cl)C(C)C2)cnn1C. The number of halogens is 1. The van der Waals surface area contributed by atoms with Crippen molar-refractivity contribution in [1.29, 1.82) is 0 Å². The summed E-state index contributed by atoms with van der Waals surface area (Å²) in [4.78, 5) is 14.2. The lowest BCUT2D eigenvalue weighted by molar-refractivity contribution is 0.0686. The van der Waals surface area contributed by atoms with Crippen LogP contribution in [0, 0.1) is 12.8 Å². The summed E-state index contributed by atoms with van der Waals surface area (Å²) < 4.78 is 1.73. The molecule has 94 valence electrons. The predicted octanol–water partition coefficient (Wildman–Crippen LogP) is 1.82. The smallest absolute Gasteiger partial charge is 0.257 e. The van der Waals surface area contributed by atoms with E-state index in [9.17, 15) is 4.79 Å². The Bertz CT molecular complexity index is 429. The summed E-state index contributed by atoms with van der Waals surface area (Å²) in [6.45, 7) is 5.48. The van der Waals surface area contributed by atoms with E-state index < -0.39 is 0 Å². The third-order valence-electron chi connectivity index (χ3n) is 3.55. The predicted molar refractivity (Wildman–Crippen MR) is 67.3 cm³/mol. The third kappa shape index (κ3) is 2.32. The van der Waals surface area contributed by atoms with Crippen LogP contribution in [0.3, 0.4) is 0 Å². The molecule has 0 aromatic carbocycles. The summed E-state index contributed by atoms with van der Waals surface area (Å²) in [6, 6.07) is 0. The van der Waals surface area contributed by atoms with Crippen LogP contribution in [0.4, 0.5) is 0 Å². The van der Waals surface area contributed by atoms with Crippen LogP contribution in [0.15, 0.2) is 6.20 Å². The van der Waals surface area contributed by atoms with E-state index in [4.69, 9.17) is 11.6 Å². The zero-order valence-electron chi connectivity index (χ0n) is 10.5. The first-order chi connectivity index (χ1) is 8.00. The zero-order valence-corrected chi connectivity index (χ0v) is 11.2. The lowest BCUT2D eigenvalue weighted by Crippen LogP contribution is -2.43. The minimum absolute atomic E-state index is 0.0750. The van der Waals surface area contributed by atoms with Gasteiger partial charge in [-0.15, -0.1) is 11.6 Å². The molecule has 1 aromatic heterocycles. The number of hydrogen-bond acceptors (Lipinski definition) is 2. The van der Waals surface area contributed by atoms with Crippen LogP contribution in [-0.4, -0.2) is 39.1 Å². The van der Waals surface area contributed by atoms with Gasteiger partial charge in [-0.05, 0) is 19.3 Å². The molecule has 1 fully saturated rings. The van der Waals surface area contributed by atoms with Gasteiger partial charge >= 0.3 is 0 Å². The van der Waals surface area contributed by atoms with Crippen molar-refractivity contribution in [3.05, 3.63) is 17.5 Å². The van der Waals surface area contributed by atoms with E-state index in [0.717, 1.165) is 25.2 Å². The Morgan fingerprint density at radius 1 is 1.59 bits per heavy atom. The van der Waals surface area contributed by atoms with Gasteiger partial charge in [0.1, 0.15) is 0 Å². The molecule has 0 aliphatic carbocycles. The van der Waals surface area contributed by atoms with Crippen LogP contribution in [-0.2, 0) is 7.05 Å². The number of amides is 1. The van der Waals surface area contributed by atoms with E-state index in [0.29, 0.717) is 11.5 Å². The highest BCUT2D eigenvalue weighted by Gasteiger charge is 2.29. The number of rotatable bonds is 1. The summed E-state index contributed by atoms with van der Waals surface area (Å²) in [6.07, 6.45) is 2.52. The number of likely N-dealkylation sites (tertiary alicyclic amines) is 1. The highest BCUT2D eigenvalue weighted by molar-refractivity contribution is 6.20. The molecular weight excluding hydrogens is 238 g/mol. The molecule has 1 aliphatic rings. The van der Waals surface area contributed by atoms with Crippen molar-refractivity contribution in [1.82, 2.24) is 14.7 Å². The molecule has 5 heteroatoms. The number of aryl methyl sites for hydroxylation is 1. The first-order valence-electron chi connectivity index (χ1n) is 5.92. The van der Waals surface area contributed by atoms with E-state index >= 15 is 0 Å². The minimum atomic E-state index is 0.0750. The van der Waals surface area contributed by atoms with E-state index in [-0.39, 0.29) is 11.3 Å². The monoisotopic (exact) mass is 255 g/mol. The molecule has 1 amide bonds. The van der Waals surface area contributed by atoms with E-state index in [1.807, 2.05) is 18.9 Å². The molecule has 2 rings (SSSR count). The van der Waals surface area contributed by atoms with Gasteiger partial charge < -0.3 is 4.90 Å². The Labute approximate surface area is 107 Å². The number of carbonyl (C=O) groups is 1. The fourth-order valence-electron chi connectivity index (χ4n) is 2.18. The second-order valence-corrected chi connectivity index (χ2v) is 5.36. The maximum atomic E-state index is 12.3. The number of piperidine rings is 1. The summed E-state index contributed by atoms with van der Waals surface area (Å²) in [5.74, 6) is 0.428. The van der Waals surface area contributed by atoms with Crippen LogP contribution in [0.5, 0.6) is 0 Å². The molecule has 0 spiro atoms. The largest absolute Gasteiger partial charge is 0.338 e. The Morgan fingerprint density at radius 2 is 2.29 bits per heavy atom. The number of carbonyl (C=O) groups excluding carboxylic acids is 1. The van der Waals surface area contributed by atoms with Crippen molar-refractivity contribution < 1.29 is 4.79 Å². The molecule has 1 aromatic rings. The second-order valence-electron chi connectivity index (χ2n) is 4.80. The molecule has 2 unspecified atom stereocenters. The van der Waals surface area contributed by atoms with Gasteiger partial charge in [0.15, 0.2) is 0 Å². The van der Waals surface area contributed by atoms with Gasteiger partial charge in [0, 0.05) is 31.2 Å². The Hall–Kier alpha value is -1.03. The van der Waals surface area contributed by atoms with Gasteiger partial charge in [-0.1, -0.05) is 6.92 Å². The number of nitrogens with zero attached hydrogens (tertiary/aromatic N) is 3. The first kappa shape index (κ1) is 12.4. The quantitative estimate of drug-likeness (QED) is 0.718. The topological polar surface area (TPSA) is 38.1 Å². The molecule has 2 atom stereocenters. The summed E-state index contributed by atoms with van der Waals surface area (Å²) in [7, 11) is 1.85. The van der Waals surface area contributed by atoms with E-state index in [2.05, 4.69) is 12.0 Å². The van der Waals surface area contributed by atoms with Crippen molar-refractivity contribution in [2.24, 2.45) is 13.0 Å². The lowest BCUT2D eigenvalue weighted by atomic mass is 9.99. The maximum absolute atomic E-state index is 12.3. The maximum Gasteiger partial charge on any atom is 0.257 e. The highest BCUT2D eigenvalue weighted by Crippen LogP contribution is 2.23. The van der Waals surface area contributed by atoms with Crippen molar-refractivity contribution >= 4 is 17.5 Å². The zero-order chi connectivity index (χ0) is 12.6. The van der Waals surface area contributed by atoms with Gasteiger partial charge in [0.25, 0.3) is 5.91 Å². The fraction of sp³-hybridized carbons (Fsp3) is 0.667. The molecule has 0 N–H and O–H groups in total. The Balaban J connectivity index is 2.13. The van der Waals surface area contributed by atoms with Gasteiger partial charge in [-0.25, -0.2) is 0 Å². The van der Waals surface area contributed by atoms with Crippen LogP contribution in [0.25, 0.3) is 0 Å². The second kappa shape index (κ2) is 4.69. The lowest BCUT2D eigenvalue weighted by Gasteiger charge is -2.34. The van der Waals surface area contributed by atoms with Crippen molar-refractivity contribution in [3.63, 3.8) is 0 Å². The van der Waals surface area contributed by atoms with Gasteiger partial charge in [-0.2, -0.15) is 5.10 Å². The highest BCUT2D eigenvalue weighted by atomic mass is 35.5. The average Bonchev–Trinajstić information content (AvgIpc) is 2.63. The summed E-state index contributed by atoms with van der Waals surface area (Å²) >= 11 is 6.16. The van der Waals surface area contributed by atoms with Crippen molar-refractivity contribution in [3.8, 4) is 0 Å². The van der Waals surface area contributed by atoms with Crippen molar-refractivity contribution in [2.45, 2.75) is 25.6 Å². The molecule has 4 nitrogen and oxygen atoms in total. The van der Waals surface area contributed by atoms with Crippen LogP contribution in [0.1, 0.15) is 29.4 Å². The molecule has 17 heavy (non-hydrogen) atoms. The van der Waals surface area contributed by atoms with Crippen molar-refractivity contribution in [2.75, 3.05) is 13.1 Å². The Kier molecular flexibility index (Phi) is 3.43. The molecule has 0 bridgehead atoms. The van der Waals surface area contributed by atoms with E-state index in [1.165, 1.54) is 0 Å². The molecule has 0 saturated carbocycles. The minimum Gasteiger partial charge on any atom is -0.338 e. The molecule has 1 saturated heterocycles. The van der Waals surface area contributed by atoms with Gasteiger partial charge in [0.05, 0.1) is 11.8 Å². The molecule has 2 heterocycles. The van der Waals surface area contributed by atoms with Crippen LogP contribution in [0.2, 0.25) is 0 Å². The Morgan fingerprint density at radius 3 is 2.82 bits per heavy atom. The summed E-state index contributed by atoms with van der Waals surface area (Å²) in [5, 5.41) is 4.30. The standard InChI is InChI=1S/C12H18ClN3O/c1-8-7-16(5-4-11(8)13)12(17)10-6-14-15(3)9(10)2/h6,8,11H,4-5,7H2,1-3H3. The molecule has 1 aliphatic heterocycles. The molecule has 0 radical (unpaired) electrons. The third-order valence-corrected chi connectivity index (χ3v) is 4.20. The number of alkyl halides is 1. The summed E-state index contributed by atoms with van der Waals surface area (Å²) in [5.41, 5.74) is 1.61. The molecular formula is C12H18ClN3O. The number of aromatic nitrogens is 2. The van der Waals surface area contributed by atoms with E-state index in [1.54, 1.807) is 10.9 Å². The fourth-order valence-corrected chi connectivity index (χ4v) is 2.36. The van der Waals surface area contributed by atoms with Gasteiger partial charge in [-0.3, -0.25) is 9.48 Å². The van der Waals surface area contributed by atoms with Crippen LogP contribution >= 0.6 is 11.6 Å². The van der Waals surface area contributed by atoms with Gasteiger partial charge in [0.2, 0.25) is 0 Å². The average molecular weight is 256 g/mol. The van der Waals surface area contributed by atoms with Crippen LogP contribution < -0.4 is 0 Å². The first-order valence-corrected chi connectivity index (χ1v) is 6.36.